The lowest BCUT2D eigenvalue weighted by atomic mass is 10.1. The average Bonchev–Trinajstić information content (AvgIpc) is 2.78. The van der Waals surface area contributed by atoms with Gasteiger partial charge in [0.05, 0.1) is 6.54 Å². The highest BCUT2D eigenvalue weighted by Gasteiger charge is 2.14. The van der Waals surface area contributed by atoms with Crippen molar-refractivity contribution in [3.05, 3.63) is 35.6 Å². The monoisotopic (exact) mass is 274 g/mol. The Balaban J connectivity index is 2.16. The number of nitrogens with zero attached hydrogens (tertiary/aromatic N) is 1. The zero-order valence-corrected chi connectivity index (χ0v) is 12.9. The van der Waals surface area contributed by atoms with Gasteiger partial charge in [-0.05, 0) is 33.1 Å². The summed E-state index contributed by atoms with van der Waals surface area (Å²) in [6.45, 7) is 5.13. The van der Waals surface area contributed by atoms with E-state index in [1.54, 1.807) is 0 Å². The van der Waals surface area contributed by atoms with Gasteiger partial charge in [0, 0.05) is 17.5 Å². The Morgan fingerprint density at radius 1 is 1.20 bits per heavy atom. The molecule has 1 heterocycles. The number of nitrogens with one attached hydrogen (secondary N) is 1. The molecule has 0 aliphatic heterocycles. The largest absolute Gasteiger partial charge is 0.459 e. The minimum absolute atomic E-state index is 0.785. The summed E-state index contributed by atoms with van der Waals surface area (Å²) >= 11 is 0. The highest BCUT2D eigenvalue weighted by molar-refractivity contribution is 5.82. The van der Waals surface area contributed by atoms with Crippen molar-refractivity contribution < 1.29 is 4.42 Å². The van der Waals surface area contributed by atoms with E-state index >= 15 is 0 Å². The van der Waals surface area contributed by atoms with Crippen LogP contribution in [0.5, 0.6) is 0 Å². The maximum Gasteiger partial charge on any atom is 0.134 e. The number of furan rings is 1. The highest BCUT2D eigenvalue weighted by atomic mass is 16.3. The van der Waals surface area contributed by atoms with Crippen LogP contribution in [0.2, 0.25) is 0 Å². The maximum absolute atomic E-state index is 5.98. The Morgan fingerprint density at radius 3 is 2.75 bits per heavy atom. The molecule has 0 amide bonds. The molecule has 0 aliphatic carbocycles. The molecule has 2 rings (SSSR count). The Hall–Kier alpha value is -1.32. The number of hydrogen-bond donors (Lipinski definition) is 1. The lowest BCUT2D eigenvalue weighted by molar-refractivity contribution is 0.315. The molecule has 0 saturated carbocycles. The van der Waals surface area contributed by atoms with Crippen molar-refractivity contribution in [3.8, 4) is 0 Å². The zero-order valence-electron chi connectivity index (χ0n) is 12.9. The normalized spacial score (nSPS) is 11.6. The third kappa shape index (κ3) is 3.62. The van der Waals surface area contributed by atoms with E-state index in [0.717, 1.165) is 31.0 Å². The summed E-state index contributed by atoms with van der Waals surface area (Å²) in [4.78, 5) is 2.39. The van der Waals surface area contributed by atoms with E-state index in [4.69, 9.17) is 4.42 Å². The minimum Gasteiger partial charge on any atom is -0.459 e. The molecule has 1 aromatic heterocycles. The summed E-state index contributed by atoms with van der Waals surface area (Å²) in [5, 5.41) is 4.45. The Morgan fingerprint density at radius 2 is 2.00 bits per heavy atom. The number of hydrogen-bond acceptors (Lipinski definition) is 3. The Kier molecular flexibility index (Phi) is 5.62. The molecule has 0 spiro atoms. The third-order valence-corrected chi connectivity index (χ3v) is 3.69. The molecular formula is C17H26N2O. The summed E-state index contributed by atoms with van der Waals surface area (Å²) < 4.78 is 5.98. The van der Waals surface area contributed by atoms with Crippen LogP contribution in [-0.2, 0) is 13.1 Å². The minimum atomic E-state index is 0.785. The fourth-order valence-electron chi connectivity index (χ4n) is 2.61. The van der Waals surface area contributed by atoms with Crippen LogP contribution in [0, 0.1) is 0 Å². The van der Waals surface area contributed by atoms with Crippen molar-refractivity contribution in [3.63, 3.8) is 0 Å². The van der Waals surface area contributed by atoms with Crippen LogP contribution < -0.4 is 5.32 Å². The van der Waals surface area contributed by atoms with Crippen molar-refractivity contribution in [1.82, 2.24) is 10.2 Å². The topological polar surface area (TPSA) is 28.4 Å². The van der Waals surface area contributed by atoms with Crippen LogP contribution >= 0.6 is 0 Å². The second kappa shape index (κ2) is 7.46. The second-order valence-corrected chi connectivity index (χ2v) is 5.48. The molecule has 0 fully saturated rings. The summed E-state index contributed by atoms with van der Waals surface area (Å²) in [5.41, 5.74) is 2.32. The van der Waals surface area contributed by atoms with Crippen LogP contribution in [0.3, 0.4) is 0 Å². The number of rotatable bonds is 8. The van der Waals surface area contributed by atoms with E-state index in [1.165, 1.54) is 30.2 Å². The second-order valence-electron chi connectivity index (χ2n) is 5.48. The number of para-hydroxylation sites is 1. The third-order valence-electron chi connectivity index (χ3n) is 3.69. The van der Waals surface area contributed by atoms with Gasteiger partial charge in [-0.2, -0.15) is 0 Å². The molecule has 1 aromatic carbocycles. The predicted molar refractivity (Wildman–Crippen MR) is 84.8 cm³/mol. The number of benzene rings is 1. The SMILES string of the molecule is CCCCCN(C)Cc1c(CNC)oc2ccccc12. The fraction of sp³-hybridized carbons (Fsp3) is 0.529. The molecule has 0 unspecified atom stereocenters. The van der Waals surface area contributed by atoms with Crippen molar-refractivity contribution in [2.45, 2.75) is 39.3 Å². The first kappa shape index (κ1) is 15.1. The van der Waals surface area contributed by atoms with Crippen LogP contribution in [0.25, 0.3) is 11.0 Å². The van der Waals surface area contributed by atoms with E-state index in [-0.39, 0.29) is 0 Å². The van der Waals surface area contributed by atoms with Gasteiger partial charge in [-0.3, -0.25) is 0 Å². The molecular weight excluding hydrogens is 248 g/mol. The smallest absolute Gasteiger partial charge is 0.134 e. The fourth-order valence-corrected chi connectivity index (χ4v) is 2.61. The molecule has 0 aliphatic rings. The maximum atomic E-state index is 5.98. The number of unbranched alkanes of at least 4 members (excludes halogenated alkanes) is 2. The van der Waals surface area contributed by atoms with Crippen molar-refractivity contribution in [2.24, 2.45) is 0 Å². The summed E-state index contributed by atoms with van der Waals surface area (Å²) in [5.74, 6) is 1.07. The summed E-state index contributed by atoms with van der Waals surface area (Å²) in [6, 6.07) is 8.33. The zero-order chi connectivity index (χ0) is 14.4. The molecule has 0 saturated heterocycles. The van der Waals surface area contributed by atoms with E-state index in [1.807, 2.05) is 13.1 Å². The first-order valence-electron chi connectivity index (χ1n) is 7.58. The lowest BCUT2D eigenvalue weighted by Gasteiger charge is -2.16. The molecule has 0 radical (unpaired) electrons. The molecule has 3 nitrogen and oxygen atoms in total. The van der Waals surface area contributed by atoms with Crippen molar-refractivity contribution in [2.75, 3.05) is 20.6 Å². The van der Waals surface area contributed by atoms with Gasteiger partial charge >= 0.3 is 0 Å². The van der Waals surface area contributed by atoms with Crippen LogP contribution in [0.15, 0.2) is 28.7 Å². The Bertz CT molecular complexity index is 533. The van der Waals surface area contributed by atoms with Crippen molar-refractivity contribution >= 4 is 11.0 Å². The first-order valence-corrected chi connectivity index (χ1v) is 7.58. The van der Waals surface area contributed by atoms with Crippen molar-refractivity contribution in [1.29, 1.82) is 0 Å². The average molecular weight is 274 g/mol. The van der Waals surface area contributed by atoms with E-state index < -0.39 is 0 Å². The molecule has 0 bridgehead atoms. The van der Waals surface area contributed by atoms with E-state index in [2.05, 4.69) is 42.4 Å². The van der Waals surface area contributed by atoms with Gasteiger partial charge in [0.1, 0.15) is 11.3 Å². The van der Waals surface area contributed by atoms with E-state index in [0.29, 0.717) is 0 Å². The molecule has 3 heteroatoms. The standard InChI is InChI=1S/C17H26N2O/c1-4-5-8-11-19(3)13-15-14-9-6-7-10-16(14)20-17(15)12-18-2/h6-7,9-10,18H,4-5,8,11-13H2,1-3H3. The lowest BCUT2D eigenvalue weighted by Crippen LogP contribution is -2.20. The Labute approximate surface area is 122 Å². The van der Waals surface area contributed by atoms with Gasteiger partial charge in [0.2, 0.25) is 0 Å². The number of fused-ring (bicyclic) bond motifs is 1. The quantitative estimate of drug-likeness (QED) is 0.743. The molecule has 2 aromatic rings. The summed E-state index contributed by atoms with van der Waals surface area (Å²) in [7, 11) is 4.16. The predicted octanol–water partition coefficient (Wildman–Crippen LogP) is 3.77. The van der Waals surface area contributed by atoms with Gasteiger partial charge in [0.25, 0.3) is 0 Å². The molecule has 110 valence electrons. The van der Waals surface area contributed by atoms with Crippen LogP contribution in [0.4, 0.5) is 0 Å². The van der Waals surface area contributed by atoms with Gasteiger partial charge in [0.15, 0.2) is 0 Å². The molecule has 0 atom stereocenters. The first-order chi connectivity index (χ1) is 9.76. The van der Waals surface area contributed by atoms with Crippen LogP contribution in [0.1, 0.15) is 37.5 Å². The van der Waals surface area contributed by atoms with Gasteiger partial charge in [-0.25, -0.2) is 0 Å². The van der Waals surface area contributed by atoms with Gasteiger partial charge < -0.3 is 14.6 Å². The van der Waals surface area contributed by atoms with Gasteiger partial charge in [-0.1, -0.05) is 38.0 Å². The van der Waals surface area contributed by atoms with Crippen LogP contribution in [-0.4, -0.2) is 25.5 Å². The van der Waals surface area contributed by atoms with E-state index in [9.17, 15) is 0 Å². The molecule has 20 heavy (non-hydrogen) atoms. The highest BCUT2D eigenvalue weighted by Crippen LogP contribution is 2.27. The molecule has 1 N–H and O–H groups in total. The summed E-state index contributed by atoms with van der Waals surface area (Å²) in [6.07, 6.45) is 3.84. The van der Waals surface area contributed by atoms with Gasteiger partial charge in [-0.15, -0.1) is 0 Å².